The Kier molecular flexibility index (Phi) is 5.65. The molecule has 3 nitrogen and oxygen atoms in total. The zero-order valence-electron chi connectivity index (χ0n) is 11.9. The van der Waals surface area contributed by atoms with E-state index in [0.717, 1.165) is 11.4 Å². The monoisotopic (exact) mass is 343 g/mol. The fraction of sp³-hybridized carbons (Fsp3) is 0.267. The number of nitrogens with one attached hydrogen (secondary N) is 2. The van der Waals surface area contributed by atoms with Crippen LogP contribution >= 0.6 is 34.5 Å². The molecular formula is C15H17Cl2N2OS+. The van der Waals surface area contributed by atoms with Crippen LogP contribution in [0.2, 0.25) is 10.0 Å². The molecule has 0 saturated heterocycles. The molecule has 0 aliphatic rings. The first-order valence-electron chi connectivity index (χ1n) is 6.55. The number of amides is 1. The summed E-state index contributed by atoms with van der Waals surface area (Å²) in [6.07, 6.45) is 0. The van der Waals surface area contributed by atoms with Crippen LogP contribution < -0.4 is 10.2 Å². The number of anilines is 1. The van der Waals surface area contributed by atoms with Gasteiger partial charge in [-0.2, -0.15) is 0 Å². The summed E-state index contributed by atoms with van der Waals surface area (Å²) in [4.78, 5) is 14.5. The maximum absolute atomic E-state index is 12.1. The van der Waals surface area contributed by atoms with E-state index in [2.05, 4.69) is 23.7 Å². The number of carbonyl (C=O) groups is 1. The van der Waals surface area contributed by atoms with Gasteiger partial charge in [-0.05, 0) is 36.1 Å². The Labute approximate surface area is 138 Å². The molecule has 0 bridgehead atoms. The molecule has 1 amide bonds. The maximum Gasteiger partial charge on any atom is 0.279 e. The molecule has 112 valence electrons. The van der Waals surface area contributed by atoms with Gasteiger partial charge >= 0.3 is 0 Å². The van der Waals surface area contributed by atoms with Crippen molar-refractivity contribution in [3.05, 3.63) is 50.1 Å². The first kappa shape index (κ1) is 16.3. The van der Waals surface area contributed by atoms with E-state index in [9.17, 15) is 4.79 Å². The minimum Gasteiger partial charge on any atom is -0.325 e. The predicted molar refractivity (Wildman–Crippen MR) is 89.6 cm³/mol. The summed E-state index contributed by atoms with van der Waals surface area (Å²) in [5.74, 6) is -0.0779. The Bertz CT molecular complexity index is 642. The fourth-order valence-electron chi connectivity index (χ4n) is 1.99. The molecule has 1 aromatic carbocycles. The molecule has 0 spiro atoms. The predicted octanol–water partition coefficient (Wildman–Crippen LogP) is 3.02. The number of halogens is 2. The molecule has 1 aromatic heterocycles. The van der Waals surface area contributed by atoms with Crippen molar-refractivity contribution in [2.24, 2.45) is 0 Å². The summed E-state index contributed by atoms with van der Waals surface area (Å²) in [7, 11) is 2.00. The van der Waals surface area contributed by atoms with Gasteiger partial charge in [0.1, 0.15) is 6.54 Å². The Hall–Kier alpha value is -1.07. The van der Waals surface area contributed by atoms with Crippen LogP contribution in [0.1, 0.15) is 10.4 Å². The summed E-state index contributed by atoms with van der Waals surface area (Å²) in [5, 5.41) is 5.69. The van der Waals surface area contributed by atoms with E-state index in [1.54, 1.807) is 29.5 Å². The summed E-state index contributed by atoms with van der Waals surface area (Å²) in [5.41, 5.74) is 1.83. The van der Waals surface area contributed by atoms with Gasteiger partial charge in [-0.15, -0.1) is 11.3 Å². The van der Waals surface area contributed by atoms with Crippen LogP contribution in [-0.4, -0.2) is 19.5 Å². The molecule has 0 fully saturated rings. The molecule has 1 heterocycles. The van der Waals surface area contributed by atoms with Crippen molar-refractivity contribution in [3.63, 3.8) is 0 Å². The number of quaternary nitrogens is 1. The van der Waals surface area contributed by atoms with E-state index in [0.29, 0.717) is 22.3 Å². The van der Waals surface area contributed by atoms with Crippen LogP contribution in [0, 0.1) is 6.92 Å². The van der Waals surface area contributed by atoms with Crippen molar-refractivity contribution >= 4 is 46.1 Å². The average Bonchev–Trinajstić information content (AvgIpc) is 2.80. The van der Waals surface area contributed by atoms with Gasteiger partial charge < -0.3 is 10.2 Å². The van der Waals surface area contributed by atoms with E-state index >= 15 is 0 Å². The van der Waals surface area contributed by atoms with Crippen molar-refractivity contribution in [2.75, 3.05) is 18.9 Å². The minimum atomic E-state index is -0.0779. The van der Waals surface area contributed by atoms with Crippen molar-refractivity contribution in [2.45, 2.75) is 13.5 Å². The highest BCUT2D eigenvalue weighted by Crippen LogP contribution is 2.29. The quantitative estimate of drug-likeness (QED) is 0.859. The first-order chi connectivity index (χ1) is 9.97. The standard InChI is InChI=1S/C15H16Cl2N2OS/c1-10-6-7-21-13(10)8-19(2)9-14(20)18-12-5-3-4-11(16)15(12)17/h3-7H,8-9H2,1-2H3,(H,18,20)/p+1. The van der Waals surface area contributed by atoms with Crippen LogP contribution in [0.3, 0.4) is 0 Å². The normalized spacial score (nSPS) is 12.2. The second kappa shape index (κ2) is 7.27. The van der Waals surface area contributed by atoms with Crippen molar-refractivity contribution in [1.29, 1.82) is 0 Å². The Morgan fingerprint density at radius 3 is 2.76 bits per heavy atom. The van der Waals surface area contributed by atoms with Crippen molar-refractivity contribution in [3.8, 4) is 0 Å². The number of hydrogen-bond acceptors (Lipinski definition) is 2. The average molecular weight is 344 g/mol. The highest BCUT2D eigenvalue weighted by molar-refractivity contribution is 7.10. The molecular weight excluding hydrogens is 327 g/mol. The SMILES string of the molecule is Cc1ccsc1C[NH+](C)CC(=O)Nc1cccc(Cl)c1Cl. The largest absolute Gasteiger partial charge is 0.325 e. The molecule has 0 aliphatic heterocycles. The van der Waals surface area contributed by atoms with Crippen molar-refractivity contribution < 1.29 is 9.69 Å². The lowest BCUT2D eigenvalue weighted by Crippen LogP contribution is -3.08. The molecule has 1 atom stereocenters. The zero-order valence-corrected chi connectivity index (χ0v) is 14.2. The van der Waals surface area contributed by atoms with Gasteiger partial charge in [-0.1, -0.05) is 29.3 Å². The summed E-state index contributed by atoms with van der Waals surface area (Å²) < 4.78 is 0. The highest BCUT2D eigenvalue weighted by atomic mass is 35.5. The number of thiophene rings is 1. The molecule has 0 aliphatic carbocycles. The number of carbonyl (C=O) groups excluding carboxylic acids is 1. The van der Waals surface area contributed by atoms with Gasteiger partial charge in [0, 0.05) is 0 Å². The third kappa shape index (κ3) is 4.45. The van der Waals surface area contributed by atoms with Gasteiger partial charge in [-0.3, -0.25) is 4.79 Å². The highest BCUT2D eigenvalue weighted by Gasteiger charge is 2.14. The van der Waals surface area contributed by atoms with Crippen LogP contribution in [-0.2, 0) is 11.3 Å². The van der Waals surface area contributed by atoms with Crippen LogP contribution in [0.25, 0.3) is 0 Å². The van der Waals surface area contributed by atoms with E-state index in [-0.39, 0.29) is 5.91 Å². The van der Waals surface area contributed by atoms with Gasteiger partial charge in [0.25, 0.3) is 5.91 Å². The van der Waals surface area contributed by atoms with Crippen LogP contribution in [0.5, 0.6) is 0 Å². The molecule has 0 radical (unpaired) electrons. The lowest BCUT2D eigenvalue weighted by molar-refractivity contribution is -0.884. The lowest BCUT2D eigenvalue weighted by Gasteiger charge is -2.14. The number of hydrogen-bond donors (Lipinski definition) is 2. The third-order valence-electron chi connectivity index (χ3n) is 3.12. The van der Waals surface area contributed by atoms with Gasteiger partial charge in [-0.25, -0.2) is 0 Å². The second-order valence-electron chi connectivity index (χ2n) is 4.99. The molecule has 1 unspecified atom stereocenters. The fourth-order valence-corrected chi connectivity index (χ4v) is 3.36. The van der Waals surface area contributed by atoms with Crippen molar-refractivity contribution in [1.82, 2.24) is 0 Å². The first-order valence-corrected chi connectivity index (χ1v) is 8.19. The minimum absolute atomic E-state index is 0.0779. The zero-order chi connectivity index (χ0) is 15.4. The smallest absolute Gasteiger partial charge is 0.279 e. The number of aryl methyl sites for hydroxylation is 1. The maximum atomic E-state index is 12.1. The number of rotatable bonds is 5. The van der Waals surface area contributed by atoms with E-state index < -0.39 is 0 Å². The Morgan fingerprint density at radius 1 is 1.33 bits per heavy atom. The van der Waals surface area contributed by atoms with Gasteiger partial charge in [0.2, 0.25) is 0 Å². The Morgan fingerprint density at radius 2 is 2.10 bits per heavy atom. The molecule has 2 rings (SSSR count). The molecule has 6 heteroatoms. The number of benzene rings is 1. The summed E-state index contributed by atoms with van der Waals surface area (Å²) in [6, 6.07) is 7.29. The molecule has 21 heavy (non-hydrogen) atoms. The Balaban J connectivity index is 1.92. The molecule has 0 saturated carbocycles. The summed E-state index contributed by atoms with van der Waals surface area (Å²) in [6.45, 7) is 3.30. The third-order valence-corrected chi connectivity index (χ3v) is 4.96. The van der Waals surface area contributed by atoms with Crippen LogP contribution in [0.4, 0.5) is 5.69 Å². The van der Waals surface area contributed by atoms with Crippen LogP contribution in [0.15, 0.2) is 29.6 Å². The van der Waals surface area contributed by atoms with E-state index in [1.165, 1.54) is 10.4 Å². The van der Waals surface area contributed by atoms with E-state index in [4.69, 9.17) is 23.2 Å². The molecule has 2 aromatic rings. The van der Waals surface area contributed by atoms with Gasteiger partial charge in [0.05, 0.1) is 27.7 Å². The van der Waals surface area contributed by atoms with E-state index in [1.807, 2.05) is 7.05 Å². The molecule has 2 N–H and O–H groups in total. The second-order valence-corrected chi connectivity index (χ2v) is 6.77. The topological polar surface area (TPSA) is 33.5 Å². The summed E-state index contributed by atoms with van der Waals surface area (Å²) >= 11 is 13.7. The number of likely N-dealkylation sites (N-methyl/N-ethyl adjacent to an activating group) is 1. The lowest BCUT2D eigenvalue weighted by atomic mass is 10.3. The van der Waals surface area contributed by atoms with Gasteiger partial charge in [0.15, 0.2) is 6.54 Å².